The van der Waals surface area contributed by atoms with Gasteiger partial charge in [0.2, 0.25) is 0 Å². The molecule has 1 saturated heterocycles. The molecule has 0 spiro atoms. The van der Waals surface area contributed by atoms with Crippen LogP contribution < -0.4 is 10.4 Å². The zero-order chi connectivity index (χ0) is 21.2. The highest BCUT2D eigenvalue weighted by Gasteiger charge is 2.24. The summed E-state index contributed by atoms with van der Waals surface area (Å²) in [5, 5.41) is 6.00. The maximum Gasteiger partial charge on any atom is 0.336 e. The van der Waals surface area contributed by atoms with Gasteiger partial charge in [-0.2, -0.15) is 0 Å². The number of nitrogens with zero attached hydrogens (tertiary/aromatic N) is 2. The molecule has 2 aromatic carbocycles. The van der Waals surface area contributed by atoms with Crippen LogP contribution >= 0.6 is 0 Å². The van der Waals surface area contributed by atoms with E-state index in [0.29, 0.717) is 29.4 Å². The Labute approximate surface area is 178 Å². The van der Waals surface area contributed by atoms with Crippen molar-refractivity contribution in [3.63, 3.8) is 0 Å². The Morgan fingerprint density at radius 1 is 1.06 bits per heavy atom. The minimum Gasteiger partial charge on any atom is -0.493 e. The van der Waals surface area contributed by atoms with E-state index in [-0.39, 0.29) is 11.4 Å². The van der Waals surface area contributed by atoms with Gasteiger partial charge >= 0.3 is 5.63 Å². The molecule has 0 amide bonds. The monoisotopic (exact) mass is 422 g/mol. The number of benzene rings is 2. The van der Waals surface area contributed by atoms with Crippen molar-refractivity contribution in [3.8, 4) is 5.75 Å². The molecule has 0 aliphatic carbocycles. The highest BCUT2D eigenvalue weighted by atomic mass is 19.1. The van der Waals surface area contributed by atoms with Crippen LogP contribution in [-0.2, 0) is 0 Å². The topological polar surface area (TPSA) is 68.7 Å². The second-order valence-corrected chi connectivity index (χ2v) is 7.98. The Morgan fingerprint density at radius 3 is 2.77 bits per heavy atom. The first-order chi connectivity index (χ1) is 15.2. The van der Waals surface area contributed by atoms with E-state index in [9.17, 15) is 9.18 Å². The van der Waals surface area contributed by atoms with E-state index in [0.717, 1.165) is 55.4 Å². The van der Waals surface area contributed by atoms with Crippen LogP contribution in [0.5, 0.6) is 5.75 Å². The van der Waals surface area contributed by atoms with Gasteiger partial charge in [0.15, 0.2) is 5.58 Å². The van der Waals surface area contributed by atoms with Gasteiger partial charge in [0.05, 0.1) is 12.3 Å². The van der Waals surface area contributed by atoms with E-state index in [2.05, 4.69) is 10.1 Å². The standard InChI is InChI=1S/C24H23FN2O4/c25-18-4-6-20-22(14-18)31-26-24(20)17-8-11-27(12-9-17)10-1-13-29-19-5-2-16-3-7-23(28)30-21(16)15-19/h2-7,14-15,17H,1,8-13H2. The van der Waals surface area contributed by atoms with Gasteiger partial charge in [-0.05, 0) is 62.7 Å². The number of hydrogen-bond donors (Lipinski definition) is 0. The molecular weight excluding hydrogens is 399 g/mol. The fourth-order valence-electron chi connectivity index (χ4n) is 4.26. The lowest BCUT2D eigenvalue weighted by atomic mass is 9.91. The van der Waals surface area contributed by atoms with Crippen molar-refractivity contribution < 1.29 is 18.1 Å². The van der Waals surface area contributed by atoms with Crippen LogP contribution in [0.1, 0.15) is 30.9 Å². The normalized spacial score (nSPS) is 15.6. The lowest BCUT2D eigenvalue weighted by Crippen LogP contribution is -2.34. The van der Waals surface area contributed by atoms with E-state index in [4.69, 9.17) is 13.7 Å². The van der Waals surface area contributed by atoms with Gasteiger partial charge in [0, 0.05) is 41.4 Å². The van der Waals surface area contributed by atoms with Crippen molar-refractivity contribution in [1.29, 1.82) is 0 Å². The first-order valence-electron chi connectivity index (χ1n) is 10.6. The Morgan fingerprint density at radius 2 is 1.90 bits per heavy atom. The van der Waals surface area contributed by atoms with Crippen molar-refractivity contribution in [3.05, 3.63) is 70.5 Å². The van der Waals surface area contributed by atoms with Crippen molar-refractivity contribution in [2.24, 2.45) is 0 Å². The molecule has 0 radical (unpaired) electrons. The molecule has 1 aliphatic heterocycles. The number of aromatic nitrogens is 1. The number of halogens is 1. The maximum atomic E-state index is 13.4. The SMILES string of the molecule is O=c1ccc2ccc(OCCCN3CCC(c4noc5cc(F)ccc45)CC3)cc2o1. The number of hydrogen-bond acceptors (Lipinski definition) is 6. The number of piperidine rings is 1. The third-order valence-corrected chi connectivity index (χ3v) is 5.92. The average molecular weight is 422 g/mol. The highest BCUT2D eigenvalue weighted by Crippen LogP contribution is 2.32. The number of likely N-dealkylation sites (tertiary alicyclic amines) is 1. The van der Waals surface area contributed by atoms with Gasteiger partial charge < -0.3 is 18.6 Å². The van der Waals surface area contributed by atoms with Crippen molar-refractivity contribution in [2.75, 3.05) is 26.2 Å². The Kier molecular flexibility index (Phi) is 5.42. The molecule has 160 valence electrons. The predicted octanol–water partition coefficient (Wildman–Crippen LogP) is 4.72. The first kappa shape index (κ1) is 19.8. The van der Waals surface area contributed by atoms with Crippen LogP contribution in [0.25, 0.3) is 21.9 Å². The fraction of sp³-hybridized carbons (Fsp3) is 0.333. The van der Waals surface area contributed by atoms with Crippen LogP contribution in [-0.4, -0.2) is 36.3 Å². The third-order valence-electron chi connectivity index (χ3n) is 5.92. The zero-order valence-electron chi connectivity index (χ0n) is 17.1. The lowest BCUT2D eigenvalue weighted by Gasteiger charge is -2.31. The minimum absolute atomic E-state index is 0.305. The molecule has 0 bridgehead atoms. The molecule has 3 heterocycles. The largest absolute Gasteiger partial charge is 0.493 e. The number of rotatable bonds is 6. The van der Waals surface area contributed by atoms with E-state index < -0.39 is 0 Å². The molecule has 31 heavy (non-hydrogen) atoms. The molecule has 0 N–H and O–H groups in total. The third kappa shape index (κ3) is 4.32. The second kappa shape index (κ2) is 8.51. The quantitative estimate of drug-likeness (QED) is 0.331. The van der Waals surface area contributed by atoms with Gasteiger partial charge in [-0.25, -0.2) is 9.18 Å². The predicted molar refractivity (Wildman–Crippen MR) is 115 cm³/mol. The van der Waals surface area contributed by atoms with Crippen LogP contribution in [0.3, 0.4) is 0 Å². The van der Waals surface area contributed by atoms with Gasteiger partial charge in [0.25, 0.3) is 0 Å². The molecular formula is C24H23FN2O4. The first-order valence-corrected chi connectivity index (χ1v) is 10.6. The summed E-state index contributed by atoms with van der Waals surface area (Å²) in [6.07, 6.45) is 2.92. The number of fused-ring (bicyclic) bond motifs is 2. The summed E-state index contributed by atoms with van der Waals surface area (Å²) < 4.78 is 29.7. The van der Waals surface area contributed by atoms with E-state index in [1.54, 1.807) is 18.2 Å². The average Bonchev–Trinajstić information content (AvgIpc) is 3.20. The summed E-state index contributed by atoms with van der Waals surface area (Å²) in [5.41, 5.74) is 1.64. The summed E-state index contributed by atoms with van der Waals surface area (Å²) in [5.74, 6) is 0.738. The maximum absolute atomic E-state index is 13.4. The Bertz CT molecular complexity index is 1260. The molecule has 4 aromatic rings. The molecule has 0 saturated carbocycles. The van der Waals surface area contributed by atoms with Crippen molar-refractivity contribution in [1.82, 2.24) is 10.1 Å². The molecule has 7 heteroatoms. The lowest BCUT2D eigenvalue weighted by molar-refractivity contribution is 0.191. The fourth-order valence-corrected chi connectivity index (χ4v) is 4.26. The second-order valence-electron chi connectivity index (χ2n) is 7.98. The van der Waals surface area contributed by atoms with Crippen LogP contribution in [0.15, 0.2) is 62.3 Å². The van der Waals surface area contributed by atoms with Crippen LogP contribution in [0, 0.1) is 5.82 Å². The van der Waals surface area contributed by atoms with Crippen molar-refractivity contribution in [2.45, 2.75) is 25.2 Å². The molecule has 2 aromatic heterocycles. The number of ether oxygens (including phenoxy) is 1. The Hall–Kier alpha value is -3.19. The van der Waals surface area contributed by atoms with E-state index >= 15 is 0 Å². The molecule has 0 unspecified atom stereocenters. The van der Waals surface area contributed by atoms with E-state index in [1.807, 2.05) is 12.1 Å². The van der Waals surface area contributed by atoms with Gasteiger partial charge in [-0.1, -0.05) is 5.16 Å². The van der Waals surface area contributed by atoms with Gasteiger partial charge in [-0.3, -0.25) is 0 Å². The van der Waals surface area contributed by atoms with E-state index in [1.165, 1.54) is 18.2 Å². The summed E-state index contributed by atoms with van der Waals surface area (Å²) in [6.45, 7) is 3.53. The minimum atomic E-state index is -0.362. The highest BCUT2D eigenvalue weighted by molar-refractivity contribution is 5.80. The molecule has 5 rings (SSSR count). The Balaban J connectivity index is 1.10. The summed E-state index contributed by atoms with van der Waals surface area (Å²) in [6, 6.07) is 13.3. The van der Waals surface area contributed by atoms with Gasteiger partial charge in [-0.15, -0.1) is 0 Å². The molecule has 1 fully saturated rings. The van der Waals surface area contributed by atoms with Crippen LogP contribution in [0.4, 0.5) is 4.39 Å². The van der Waals surface area contributed by atoms with Gasteiger partial charge in [0.1, 0.15) is 17.1 Å². The smallest absolute Gasteiger partial charge is 0.336 e. The summed E-state index contributed by atoms with van der Waals surface area (Å²) >= 11 is 0. The molecule has 1 aliphatic rings. The van der Waals surface area contributed by atoms with Crippen molar-refractivity contribution >= 4 is 21.9 Å². The summed E-state index contributed by atoms with van der Waals surface area (Å²) in [4.78, 5) is 13.8. The molecule has 6 nitrogen and oxygen atoms in total. The zero-order valence-corrected chi connectivity index (χ0v) is 17.1. The molecule has 0 atom stereocenters. The summed E-state index contributed by atoms with van der Waals surface area (Å²) in [7, 11) is 0. The van der Waals surface area contributed by atoms with Crippen LogP contribution in [0.2, 0.25) is 0 Å².